The zero-order valence-electron chi connectivity index (χ0n) is 28.4. The van der Waals surface area contributed by atoms with Crippen molar-refractivity contribution in [1.29, 1.82) is 5.26 Å². The third-order valence-corrected chi connectivity index (χ3v) is 11.0. The van der Waals surface area contributed by atoms with E-state index in [0.717, 1.165) is 22.2 Å². The van der Waals surface area contributed by atoms with E-state index in [1.807, 2.05) is 6.07 Å². The second-order valence-corrected chi connectivity index (χ2v) is 14.3. The third-order valence-electron chi connectivity index (χ3n) is 11.0. The van der Waals surface area contributed by atoms with E-state index in [1.165, 1.54) is 76.8 Å². The Morgan fingerprint density at radius 3 is 1.86 bits per heavy atom. The van der Waals surface area contributed by atoms with Crippen LogP contribution >= 0.6 is 0 Å². The van der Waals surface area contributed by atoms with E-state index in [2.05, 4.69) is 172 Å². The number of benzene rings is 8. The molecule has 9 aromatic rings. The van der Waals surface area contributed by atoms with E-state index in [4.69, 9.17) is 4.98 Å². The van der Waals surface area contributed by atoms with Crippen molar-refractivity contribution in [1.82, 2.24) is 4.98 Å². The van der Waals surface area contributed by atoms with E-state index in [0.29, 0.717) is 5.56 Å². The van der Waals surface area contributed by atoms with E-state index >= 15 is 0 Å². The molecule has 51 heavy (non-hydrogen) atoms. The van der Waals surface area contributed by atoms with E-state index in [1.54, 1.807) is 0 Å². The molecule has 2 nitrogen and oxygen atoms in total. The Labute approximate surface area is 296 Å². The van der Waals surface area contributed by atoms with Crippen molar-refractivity contribution in [2.24, 2.45) is 0 Å². The molecule has 1 aliphatic carbocycles. The van der Waals surface area contributed by atoms with Gasteiger partial charge in [0.25, 0.3) is 0 Å². The van der Waals surface area contributed by atoms with Crippen molar-refractivity contribution >= 4 is 43.2 Å². The van der Waals surface area contributed by atoms with Gasteiger partial charge in [0.1, 0.15) is 0 Å². The second-order valence-electron chi connectivity index (χ2n) is 14.3. The molecule has 1 aliphatic rings. The highest BCUT2D eigenvalue weighted by Crippen LogP contribution is 2.50. The quantitative estimate of drug-likeness (QED) is 0.141. The summed E-state index contributed by atoms with van der Waals surface area (Å²) in [6, 6.07) is 59.1. The molecule has 1 aromatic heterocycles. The number of rotatable bonds is 3. The molecule has 238 valence electrons. The lowest BCUT2D eigenvalue weighted by atomic mass is 9.81. The van der Waals surface area contributed by atoms with Gasteiger partial charge in [0, 0.05) is 27.1 Å². The first kappa shape index (κ1) is 29.4. The van der Waals surface area contributed by atoms with Crippen LogP contribution in [0.1, 0.15) is 30.5 Å². The number of hydrogen-bond donors (Lipinski definition) is 0. The molecule has 0 saturated heterocycles. The summed E-state index contributed by atoms with van der Waals surface area (Å²) in [5.41, 5.74) is 13.4. The summed E-state index contributed by atoms with van der Waals surface area (Å²) >= 11 is 0. The van der Waals surface area contributed by atoms with Crippen LogP contribution in [0.25, 0.3) is 87.9 Å². The van der Waals surface area contributed by atoms with Crippen molar-refractivity contribution in [2.45, 2.75) is 19.3 Å². The Hall–Kier alpha value is -6.56. The van der Waals surface area contributed by atoms with Crippen LogP contribution in [0.5, 0.6) is 0 Å². The van der Waals surface area contributed by atoms with Gasteiger partial charge in [-0.1, -0.05) is 135 Å². The topological polar surface area (TPSA) is 36.7 Å². The van der Waals surface area contributed by atoms with Crippen LogP contribution in [0.3, 0.4) is 0 Å². The normalized spacial score (nSPS) is 13.0. The summed E-state index contributed by atoms with van der Waals surface area (Å²) in [4.78, 5) is 5.37. The molecule has 0 saturated carbocycles. The zero-order valence-corrected chi connectivity index (χ0v) is 28.4. The minimum Gasteiger partial charge on any atom is -0.247 e. The molecule has 0 unspecified atom stereocenters. The number of nitrogens with zero attached hydrogens (tertiary/aromatic N) is 2. The van der Waals surface area contributed by atoms with Gasteiger partial charge < -0.3 is 0 Å². The van der Waals surface area contributed by atoms with Gasteiger partial charge in [-0.05, 0) is 102 Å². The SMILES string of the molecule is CC1(C)c2cc(C#N)ccc2-c2ccc(-c3ccc(-c4cc5c(-c6ccccc6)nc6cc7ccccc7cc6c5c5ccccc45)cc3)cc21. The van der Waals surface area contributed by atoms with Crippen LogP contribution in [-0.2, 0) is 5.41 Å². The fourth-order valence-electron chi connectivity index (χ4n) is 8.44. The molecule has 0 radical (unpaired) electrons. The van der Waals surface area contributed by atoms with E-state index < -0.39 is 0 Å². The lowest BCUT2D eigenvalue weighted by molar-refractivity contribution is 0.660. The largest absolute Gasteiger partial charge is 0.247 e. The average Bonchev–Trinajstić information content (AvgIpc) is 3.41. The van der Waals surface area contributed by atoms with Gasteiger partial charge in [-0.25, -0.2) is 4.98 Å². The maximum absolute atomic E-state index is 9.55. The number of fused-ring (bicyclic) bond motifs is 9. The summed E-state index contributed by atoms with van der Waals surface area (Å²) < 4.78 is 0. The van der Waals surface area contributed by atoms with Gasteiger partial charge in [-0.15, -0.1) is 0 Å². The second kappa shape index (κ2) is 11.0. The Morgan fingerprint density at radius 1 is 0.471 bits per heavy atom. The molecule has 0 N–H and O–H groups in total. The molecular formula is C49H32N2. The molecule has 0 bridgehead atoms. The van der Waals surface area contributed by atoms with Crippen LogP contribution in [0.4, 0.5) is 0 Å². The summed E-state index contributed by atoms with van der Waals surface area (Å²) in [5, 5.41) is 18.0. The maximum atomic E-state index is 9.55. The van der Waals surface area contributed by atoms with Crippen molar-refractivity contribution in [2.75, 3.05) is 0 Å². The van der Waals surface area contributed by atoms with Crippen LogP contribution in [0, 0.1) is 11.3 Å². The van der Waals surface area contributed by atoms with Gasteiger partial charge in [-0.3, -0.25) is 0 Å². The summed E-state index contributed by atoms with van der Waals surface area (Å²) in [6.45, 7) is 4.53. The van der Waals surface area contributed by atoms with Crippen LogP contribution in [0.2, 0.25) is 0 Å². The van der Waals surface area contributed by atoms with Gasteiger partial charge in [-0.2, -0.15) is 5.26 Å². The first-order valence-electron chi connectivity index (χ1n) is 17.5. The number of pyridine rings is 1. The Kier molecular flexibility index (Phi) is 6.32. The molecule has 0 aliphatic heterocycles. The molecule has 0 fully saturated rings. The standard InChI is InChI=1S/C49H32N2/c1-49(2)44-24-30(29-50)16-22-38(44)39-23-21-36(26-45(39)49)31-17-19-32(20-18-31)41-28-43-47(40-15-9-8-14-37(40)41)42-25-34-12-6-7-13-35(34)27-46(42)51-48(43)33-10-4-3-5-11-33/h3-28H,1-2H3. The minimum absolute atomic E-state index is 0.182. The molecule has 1 heterocycles. The zero-order chi connectivity index (χ0) is 34.3. The first-order chi connectivity index (χ1) is 25.0. The molecule has 0 amide bonds. The van der Waals surface area contributed by atoms with Gasteiger partial charge in [0.05, 0.1) is 22.8 Å². The lowest BCUT2D eigenvalue weighted by Gasteiger charge is -2.22. The summed E-state index contributed by atoms with van der Waals surface area (Å²) in [6.07, 6.45) is 0. The van der Waals surface area contributed by atoms with Crippen LogP contribution in [0.15, 0.2) is 158 Å². The summed E-state index contributed by atoms with van der Waals surface area (Å²) in [7, 11) is 0. The Balaban J connectivity index is 1.15. The predicted molar refractivity (Wildman–Crippen MR) is 213 cm³/mol. The van der Waals surface area contributed by atoms with Gasteiger partial charge in [0.2, 0.25) is 0 Å². The first-order valence-corrected chi connectivity index (χ1v) is 17.5. The van der Waals surface area contributed by atoms with Crippen molar-refractivity contribution in [3.05, 3.63) is 174 Å². The van der Waals surface area contributed by atoms with Crippen LogP contribution in [-0.4, -0.2) is 4.98 Å². The monoisotopic (exact) mass is 648 g/mol. The lowest BCUT2D eigenvalue weighted by Crippen LogP contribution is -2.15. The molecule has 2 heteroatoms. The van der Waals surface area contributed by atoms with Crippen molar-refractivity contribution < 1.29 is 0 Å². The van der Waals surface area contributed by atoms with E-state index in [-0.39, 0.29) is 5.41 Å². The minimum atomic E-state index is -0.182. The van der Waals surface area contributed by atoms with Crippen molar-refractivity contribution in [3.63, 3.8) is 0 Å². The van der Waals surface area contributed by atoms with E-state index in [9.17, 15) is 5.26 Å². The predicted octanol–water partition coefficient (Wildman–Crippen LogP) is 12.9. The molecule has 0 spiro atoms. The number of hydrogen-bond acceptors (Lipinski definition) is 2. The van der Waals surface area contributed by atoms with Crippen LogP contribution < -0.4 is 0 Å². The van der Waals surface area contributed by atoms with Crippen molar-refractivity contribution in [3.8, 4) is 50.7 Å². The average molecular weight is 649 g/mol. The highest BCUT2D eigenvalue weighted by Gasteiger charge is 2.35. The molecule has 10 rings (SSSR count). The summed E-state index contributed by atoms with van der Waals surface area (Å²) in [5.74, 6) is 0. The molecule has 8 aromatic carbocycles. The highest BCUT2D eigenvalue weighted by atomic mass is 14.7. The maximum Gasteiger partial charge on any atom is 0.0991 e. The fourth-order valence-corrected chi connectivity index (χ4v) is 8.44. The number of nitriles is 1. The van der Waals surface area contributed by atoms with Gasteiger partial charge in [0.15, 0.2) is 0 Å². The third kappa shape index (κ3) is 4.45. The smallest absolute Gasteiger partial charge is 0.0991 e. The number of aromatic nitrogens is 1. The Bertz CT molecular complexity index is 2930. The van der Waals surface area contributed by atoms with Gasteiger partial charge >= 0.3 is 0 Å². The molecular weight excluding hydrogens is 617 g/mol. The molecule has 0 atom stereocenters. The highest BCUT2D eigenvalue weighted by molar-refractivity contribution is 6.26. The fraction of sp³-hybridized carbons (Fsp3) is 0.0612. The Morgan fingerprint density at radius 2 is 1.10 bits per heavy atom.